The summed E-state index contributed by atoms with van der Waals surface area (Å²) in [6.07, 6.45) is -3.89. The van der Waals surface area contributed by atoms with Crippen LogP contribution in [0.15, 0.2) is 23.2 Å². The summed E-state index contributed by atoms with van der Waals surface area (Å²) in [5, 5.41) is 0. The van der Waals surface area contributed by atoms with Crippen molar-refractivity contribution in [1.29, 1.82) is 0 Å². The van der Waals surface area contributed by atoms with Gasteiger partial charge in [0, 0.05) is 31.7 Å². The first-order chi connectivity index (χ1) is 11.2. The number of aromatic nitrogens is 1. The maximum absolute atomic E-state index is 13.2. The molecule has 2 bridgehead atoms. The molecule has 0 aliphatic carbocycles. The van der Waals surface area contributed by atoms with E-state index in [2.05, 4.69) is 4.98 Å². The van der Waals surface area contributed by atoms with E-state index < -0.39 is 32.8 Å². The minimum Gasteiger partial charge on any atom is -0.379 e. The number of pyridine rings is 1. The van der Waals surface area contributed by atoms with Crippen molar-refractivity contribution >= 4 is 10.0 Å². The van der Waals surface area contributed by atoms with Crippen molar-refractivity contribution in [3.63, 3.8) is 0 Å². The van der Waals surface area contributed by atoms with Crippen molar-refractivity contribution in [1.82, 2.24) is 14.2 Å². The van der Waals surface area contributed by atoms with Crippen LogP contribution in [-0.2, 0) is 20.9 Å². The van der Waals surface area contributed by atoms with E-state index in [0.29, 0.717) is 19.7 Å². The lowest BCUT2D eigenvalue weighted by molar-refractivity contribution is -0.143. The molecule has 2 atom stereocenters. The average Bonchev–Trinajstić information content (AvgIpc) is 2.77. The van der Waals surface area contributed by atoms with Gasteiger partial charge in [0.2, 0.25) is 10.0 Å². The lowest BCUT2D eigenvalue weighted by atomic mass is 10.1. The van der Waals surface area contributed by atoms with Crippen molar-refractivity contribution in [2.24, 2.45) is 5.92 Å². The number of fused-ring (bicyclic) bond motifs is 3. The molecule has 2 fully saturated rings. The van der Waals surface area contributed by atoms with E-state index in [1.807, 2.05) is 11.9 Å². The smallest absolute Gasteiger partial charge is 0.379 e. The Kier molecular flexibility index (Phi) is 4.58. The molecule has 3 rings (SSSR count). The number of sulfonamides is 1. The zero-order valence-corrected chi connectivity index (χ0v) is 13.8. The molecule has 0 saturated carbocycles. The largest absolute Gasteiger partial charge is 0.434 e. The van der Waals surface area contributed by atoms with E-state index in [4.69, 9.17) is 4.74 Å². The first-order valence-corrected chi connectivity index (χ1v) is 8.94. The van der Waals surface area contributed by atoms with Gasteiger partial charge in [0.15, 0.2) is 5.69 Å². The van der Waals surface area contributed by atoms with E-state index in [0.717, 1.165) is 16.6 Å². The Labute approximate surface area is 138 Å². The van der Waals surface area contributed by atoms with Gasteiger partial charge in [-0.05, 0) is 19.2 Å². The highest BCUT2D eigenvalue weighted by molar-refractivity contribution is 7.89. The molecule has 2 aliphatic heterocycles. The van der Waals surface area contributed by atoms with Gasteiger partial charge < -0.3 is 9.64 Å². The lowest BCUT2D eigenvalue weighted by Crippen LogP contribution is -2.46. The Hall–Kier alpha value is -1.23. The highest BCUT2D eigenvalue weighted by Crippen LogP contribution is 2.35. The van der Waals surface area contributed by atoms with Crippen LogP contribution in [0.4, 0.5) is 13.2 Å². The van der Waals surface area contributed by atoms with Crippen LogP contribution >= 0.6 is 0 Å². The zero-order valence-electron chi connectivity index (χ0n) is 13.0. The summed E-state index contributed by atoms with van der Waals surface area (Å²) in [7, 11) is -2.46. The first kappa shape index (κ1) is 17.6. The van der Waals surface area contributed by atoms with E-state index in [9.17, 15) is 21.6 Å². The van der Waals surface area contributed by atoms with Crippen LogP contribution in [0, 0.1) is 5.92 Å². The molecular weight excluding hydrogens is 347 g/mol. The molecule has 0 amide bonds. The van der Waals surface area contributed by atoms with E-state index >= 15 is 0 Å². The Balaban J connectivity index is 2.05. The van der Waals surface area contributed by atoms with Crippen LogP contribution in [0.25, 0.3) is 0 Å². The number of likely N-dealkylation sites (N-methyl/N-ethyl adjacent to an activating group) is 1. The first-order valence-electron chi connectivity index (χ1n) is 7.50. The molecule has 3 heterocycles. The Morgan fingerprint density at radius 3 is 2.71 bits per heavy atom. The van der Waals surface area contributed by atoms with Crippen LogP contribution in [0.3, 0.4) is 0 Å². The minimum absolute atomic E-state index is 0.0803. The lowest BCUT2D eigenvalue weighted by Gasteiger charge is -2.29. The number of rotatable bonds is 2. The van der Waals surface area contributed by atoms with Crippen LogP contribution in [-0.4, -0.2) is 68.5 Å². The number of ether oxygens (including phenoxy) is 1. The van der Waals surface area contributed by atoms with Crippen molar-refractivity contribution in [3.05, 3.63) is 24.0 Å². The van der Waals surface area contributed by atoms with Crippen LogP contribution < -0.4 is 0 Å². The molecule has 0 unspecified atom stereocenters. The van der Waals surface area contributed by atoms with E-state index in [1.165, 1.54) is 6.07 Å². The molecule has 2 saturated heterocycles. The molecule has 2 aliphatic rings. The quantitative estimate of drug-likeness (QED) is 0.784. The SMILES string of the molecule is CN1C[C@@H]2COC[C@H](C1)N(S(=O)(=O)c1cccnc1C(F)(F)F)C2. The summed E-state index contributed by atoms with van der Waals surface area (Å²) in [5.74, 6) is -0.0803. The molecule has 0 radical (unpaired) electrons. The van der Waals surface area contributed by atoms with E-state index in [-0.39, 0.29) is 19.1 Å². The molecule has 134 valence electrons. The van der Waals surface area contributed by atoms with Crippen LogP contribution in [0.2, 0.25) is 0 Å². The maximum atomic E-state index is 13.2. The maximum Gasteiger partial charge on any atom is 0.434 e. The molecule has 0 aromatic carbocycles. The van der Waals surface area contributed by atoms with Crippen LogP contribution in [0.1, 0.15) is 5.69 Å². The number of hydrogen-bond acceptors (Lipinski definition) is 5. The third-order valence-corrected chi connectivity index (χ3v) is 6.18. The zero-order chi connectivity index (χ0) is 17.5. The van der Waals surface area contributed by atoms with Gasteiger partial charge in [0.05, 0.1) is 19.3 Å². The third-order valence-electron chi connectivity index (χ3n) is 4.23. The number of hydrogen-bond donors (Lipinski definition) is 0. The second kappa shape index (κ2) is 6.25. The summed E-state index contributed by atoms with van der Waals surface area (Å²) in [6, 6.07) is 1.65. The predicted octanol–water partition coefficient (Wildman–Crippen LogP) is 1.05. The fourth-order valence-corrected chi connectivity index (χ4v) is 5.11. The van der Waals surface area contributed by atoms with Crippen LogP contribution in [0.5, 0.6) is 0 Å². The molecule has 1 aromatic rings. The van der Waals surface area contributed by atoms with E-state index in [1.54, 1.807) is 0 Å². The van der Waals surface area contributed by atoms with Gasteiger partial charge in [0.25, 0.3) is 0 Å². The van der Waals surface area contributed by atoms with Crippen molar-refractivity contribution < 1.29 is 26.3 Å². The second-order valence-corrected chi connectivity index (χ2v) is 8.06. The van der Waals surface area contributed by atoms with Gasteiger partial charge in [0.1, 0.15) is 4.90 Å². The van der Waals surface area contributed by atoms with Crippen molar-refractivity contribution in [2.45, 2.75) is 17.1 Å². The van der Waals surface area contributed by atoms with Gasteiger partial charge in [-0.2, -0.15) is 17.5 Å². The normalized spacial score (nSPS) is 27.0. The summed E-state index contributed by atoms with van der Waals surface area (Å²) in [5.41, 5.74) is -1.38. The van der Waals surface area contributed by atoms with Crippen molar-refractivity contribution in [3.8, 4) is 0 Å². The molecule has 10 heteroatoms. The minimum atomic E-state index is -4.84. The highest BCUT2D eigenvalue weighted by atomic mass is 32.2. The van der Waals surface area contributed by atoms with Gasteiger partial charge >= 0.3 is 6.18 Å². The fraction of sp³-hybridized carbons (Fsp3) is 0.643. The summed E-state index contributed by atoms with van der Waals surface area (Å²) >= 11 is 0. The Bertz CT molecular complexity index is 711. The molecule has 1 aromatic heterocycles. The monoisotopic (exact) mass is 365 g/mol. The fourth-order valence-electron chi connectivity index (χ4n) is 3.27. The third kappa shape index (κ3) is 3.28. The summed E-state index contributed by atoms with van der Waals surface area (Å²) in [4.78, 5) is 4.45. The molecule has 0 spiro atoms. The number of halogens is 3. The van der Waals surface area contributed by atoms with Gasteiger partial charge in [-0.15, -0.1) is 0 Å². The van der Waals surface area contributed by atoms with Gasteiger partial charge in [-0.25, -0.2) is 8.42 Å². The Morgan fingerprint density at radius 1 is 1.25 bits per heavy atom. The molecule has 6 nitrogen and oxygen atoms in total. The summed E-state index contributed by atoms with van der Waals surface area (Å²) < 4.78 is 72.1. The second-order valence-electron chi connectivity index (χ2n) is 6.20. The molecule has 0 N–H and O–H groups in total. The topological polar surface area (TPSA) is 62.7 Å². The molecular formula is C14H18F3N3O3S. The molecule has 24 heavy (non-hydrogen) atoms. The summed E-state index contributed by atoms with van der Waals surface area (Å²) in [6.45, 7) is 1.76. The number of alkyl halides is 3. The highest BCUT2D eigenvalue weighted by Gasteiger charge is 2.44. The standard InChI is InChI=1S/C14H18F3N3O3S/c1-19-5-10-6-20(11(7-19)9-23-8-10)24(21,22)12-3-2-4-18-13(12)14(15,16)17/h2-4,10-11H,5-9H2,1H3/t10-,11-/m0/s1. The van der Waals surface area contributed by atoms with Gasteiger partial charge in [-0.1, -0.05) is 0 Å². The Morgan fingerprint density at radius 2 is 2.00 bits per heavy atom. The van der Waals surface area contributed by atoms with Crippen molar-refractivity contribution in [2.75, 3.05) is 39.9 Å². The predicted molar refractivity (Wildman–Crippen MR) is 78.7 cm³/mol. The average molecular weight is 365 g/mol. The number of nitrogens with zero attached hydrogens (tertiary/aromatic N) is 3. The van der Waals surface area contributed by atoms with Gasteiger partial charge in [-0.3, -0.25) is 4.98 Å².